The number of nitrogens with zero attached hydrogens (tertiary/aromatic N) is 5. The number of hydrogen-bond donors (Lipinski definition) is 6. The summed E-state index contributed by atoms with van der Waals surface area (Å²) in [6.45, 7) is 0. The molecule has 214 valence electrons. The van der Waals surface area contributed by atoms with Crippen molar-refractivity contribution in [3.8, 4) is 5.75 Å². The van der Waals surface area contributed by atoms with Crippen LogP contribution >= 0.6 is 23.7 Å². The topological polar surface area (TPSA) is 199 Å². The number of phenolic OH excluding ortho intramolecular Hbond substituents is 1. The van der Waals surface area contributed by atoms with Crippen molar-refractivity contribution in [2.24, 2.45) is 5.10 Å². The van der Waals surface area contributed by atoms with E-state index < -0.39 is 47.3 Å². The van der Waals surface area contributed by atoms with Crippen molar-refractivity contribution < 1.29 is 34.2 Å². The van der Waals surface area contributed by atoms with Crippen LogP contribution in [0.5, 0.6) is 5.75 Å². The molecule has 1 aromatic rings. The predicted molar refractivity (Wildman–Crippen MR) is 145 cm³/mol. The predicted octanol–water partition coefficient (Wildman–Crippen LogP) is -0.589. The zero-order valence-electron chi connectivity index (χ0n) is 21.5. The third kappa shape index (κ3) is 5.73. The van der Waals surface area contributed by atoms with Gasteiger partial charge in [0.2, 0.25) is 5.91 Å². The van der Waals surface area contributed by atoms with Gasteiger partial charge < -0.3 is 26.2 Å². The van der Waals surface area contributed by atoms with Gasteiger partial charge in [0.05, 0.1) is 0 Å². The Bertz CT molecular complexity index is 1280. The van der Waals surface area contributed by atoms with Crippen LogP contribution in [0, 0.1) is 0 Å². The molecular weight excluding hydrogens is 566 g/mol. The summed E-state index contributed by atoms with van der Waals surface area (Å²) in [6, 6.07) is 1.49. The molecule has 1 aromatic carbocycles. The molecule has 0 radical (unpaired) electrons. The number of carboxylic acids is 1. The molecule has 18 heteroatoms. The van der Waals surface area contributed by atoms with E-state index in [1.54, 1.807) is 22.9 Å². The second kappa shape index (κ2) is 11.9. The lowest BCUT2D eigenvalue weighted by Crippen LogP contribution is -2.71. The van der Waals surface area contributed by atoms with Crippen molar-refractivity contribution in [2.75, 3.05) is 32.6 Å². The van der Waals surface area contributed by atoms with Crippen LogP contribution in [-0.2, 0) is 14.4 Å². The second-order valence-corrected chi connectivity index (χ2v) is 10.7. The summed E-state index contributed by atoms with van der Waals surface area (Å²) in [7, 11) is 4.31. The smallest absolute Gasteiger partial charge is 0.352 e. The number of rotatable bonds is 8. The summed E-state index contributed by atoms with van der Waals surface area (Å²) in [5.41, 5.74) is 3.42. The third-order valence-electron chi connectivity index (χ3n) is 6.14. The standard InChI is InChI=1S/C22H27N9O7S2/c1-23-21(37)29(3)22(38)26-14(11-4-6-13(32)7-5-11)17(33)25-15-18(34)30-16(20(35)36)12(8-39-19(15)30)9-40-31-27-24-10-28(31)2/h4-7,10,14-15,19,27,32H,8-9H2,1-3H3,(H,23,37)(H,25,33)(H,26,38)(H,35,36)/t14?,15?,19-/m0/s1. The van der Waals surface area contributed by atoms with E-state index in [0.717, 1.165) is 9.80 Å². The number of carbonyl (C=O) groups is 5. The number of benzene rings is 1. The number of aliphatic carboxylic acids is 1. The number of urea groups is 2. The molecule has 0 saturated carbocycles. The van der Waals surface area contributed by atoms with Crippen molar-refractivity contribution in [1.29, 1.82) is 0 Å². The summed E-state index contributed by atoms with van der Waals surface area (Å²) < 4.78 is 1.60. The molecular formula is C22H27N9O7S2. The van der Waals surface area contributed by atoms with E-state index in [1.165, 1.54) is 62.1 Å². The number of hydrogen-bond acceptors (Lipinski definition) is 12. The maximum atomic E-state index is 13.4. The highest BCUT2D eigenvalue weighted by Gasteiger charge is 2.54. The molecule has 3 heterocycles. The zero-order chi connectivity index (χ0) is 29.1. The SMILES string of the molecule is CNC(=O)N(C)C(=O)NC(C(=O)NC1C(=O)N2C(C(=O)O)=C(CSN3NN=CN3C)CS[C@@H]12)c1ccc(O)cc1. The quantitative estimate of drug-likeness (QED) is 0.166. The van der Waals surface area contributed by atoms with Gasteiger partial charge in [-0.15, -0.1) is 11.8 Å². The lowest BCUT2D eigenvalue weighted by atomic mass is 10.0. The van der Waals surface area contributed by atoms with Crippen LogP contribution in [0.2, 0.25) is 0 Å². The molecule has 6 amide bonds. The van der Waals surface area contributed by atoms with Crippen LogP contribution < -0.4 is 21.5 Å². The third-order valence-corrected chi connectivity index (χ3v) is 8.54. The molecule has 3 aliphatic heterocycles. The van der Waals surface area contributed by atoms with Crippen molar-refractivity contribution in [1.82, 2.24) is 40.8 Å². The highest BCUT2D eigenvalue weighted by molar-refractivity contribution is 8.00. The number of nitrogens with one attached hydrogen (secondary N) is 4. The van der Waals surface area contributed by atoms with E-state index in [4.69, 9.17) is 0 Å². The van der Waals surface area contributed by atoms with E-state index >= 15 is 0 Å². The van der Waals surface area contributed by atoms with Gasteiger partial charge in [-0.2, -0.15) is 5.10 Å². The maximum Gasteiger partial charge on any atom is 0.352 e. The van der Waals surface area contributed by atoms with E-state index in [9.17, 15) is 34.2 Å². The monoisotopic (exact) mass is 593 g/mol. The van der Waals surface area contributed by atoms with Crippen LogP contribution in [0.4, 0.5) is 9.59 Å². The molecule has 3 aliphatic rings. The molecule has 0 aromatic heterocycles. The van der Waals surface area contributed by atoms with Gasteiger partial charge in [-0.1, -0.05) is 16.7 Å². The Kier molecular flexibility index (Phi) is 8.60. The van der Waals surface area contributed by atoms with Gasteiger partial charge in [-0.3, -0.25) is 19.5 Å². The zero-order valence-corrected chi connectivity index (χ0v) is 23.2. The first-order valence-corrected chi connectivity index (χ1v) is 13.7. The number of thioether (sulfide) groups is 1. The average molecular weight is 594 g/mol. The molecule has 1 fully saturated rings. The number of hydrazine groups is 2. The summed E-state index contributed by atoms with van der Waals surface area (Å²) in [6.07, 6.45) is 1.54. The van der Waals surface area contributed by atoms with E-state index in [0.29, 0.717) is 11.3 Å². The second-order valence-electron chi connectivity index (χ2n) is 8.71. The van der Waals surface area contributed by atoms with Crippen molar-refractivity contribution in [3.63, 3.8) is 0 Å². The molecule has 4 rings (SSSR count). The maximum absolute atomic E-state index is 13.4. The molecule has 3 atom stereocenters. The number of hydrazone groups is 1. The van der Waals surface area contributed by atoms with Gasteiger partial charge in [-0.05, 0) is 35.2 Å². The fourth-order valence-electron chi connectivity index (χ4n) is 4.01. The van der Waals surface area contributed by atoms with Gasteiger partial charge in [-0.25, -0.2) is 24.8 Å². The molecule has 0 spiro atoms. The Morgan fingerprint density at radius 2 is 1.95 bits per heavy atom. The fourth-order valence-corrected chi connectivity index (χ4v) is 6.33. The highest BCUT2D eigenvalue weighted by atomic mass is 32.2. The van der Waals surface area contributed by atoms with Gasteiger partial charge in [0.15, 0.2) is 0 Å². The van der Waals surface area contributed by atoms with Crippen LogP contribution in [0.3, 0.4) is 0 Å². The van der Waals surface area contributed by atoms with Crippen molar-refractivity contribution in [2.45, 2.75) is 17.5 Å². The Morgan fingerprint density at radius 1 is 1.25 bits per heavy atom. The minimum Gasteiger partial charge on any atom is -0.508 e. The minimum absolute atomic E-state index is 0.0678. The highest BCUT2D eigenvalue weighted by Crippen LogP contribution is 2.41. The van der Waals surface area contributed by atoms with Crippen LogP contribution in [0.1, 0.15) is 11.6 Å². The first kappa shape index (κ1) is 28.8. The number of aromatic hydroxyl groups is 1. The molecule has 40 heavy (non-hydrogen) atoms. The van der Waals surface area contributed by atoms with Crippen LogP contribution in [0.25, 0.3) is 0 Å². The molecule has 1 saturated heterocycles. The first-order valence-electron chi connectivity index (χ1n) is 11.7. The molecule has 0 bridgehead atoms. The number of imide groups is 1. The Morgan fingerprint density at radius 3 is 2.55 bits per heavy atom. The fraction of sp³-hybridized carbons (Fsp3) is 0.364. The number of carboxylic acid groups (broad SMARTS) is 1. The lowest BCUT2D eigenvalue weighted by Gasteiger charge is -2.49. The normalized spacial score (nSPS) is 20.7. The van der Waals surface area contributed by atoms with E-state index in [2.05, 4.69) is 26.6 Å². The summed E-state index contributed by atoms with van der Waals surface area (Å²) in [5.74, 6) is -2.11. The van der Waals surface area contributed by atoms with E-state index in [-0.39, 0.29) is 22.8 Å². The number of phenols is 1. The Hall–Kier alpha value is -4.16. The van der Waals surface area contributed by atoms with Crippen LogP contribution in [-0.4, -0.2) is 110 Å². The Labute approximate surface area is 236 Å². The number of fused-ring (bicyclic) bond motifs is 1. The molecule has 2 unspecified atom stereocenters. The van der Waals surface area contributed by atoms with E-state index in [1.807, 2.05) is 0 Å². The molecule has 6 N–H and O–H groups in total. The number of β-lactam (4-membered cyclic amide) rings is 1. The summed E-state index contributed by atoms with van der Waals surface area (Å²) in [5, 5.41) is 31.8. The summed E-state index contributed by atoms with van der Waals surface area (Å²) in [4.78, 5) is 65.0. The van der Waals surface area contributed by atoms with Crippen molar-refractivity contribution in [3.05, 3.63) is 41.1 Å². The van der Waals surface area contributed by atoms with Crippen LogP contribution in [0.15, 0.2) is 40.6 Å². The van der Waals surface area contributed by atoms with Gasteiger partial charge in [0.1, 0.15) is 35.2 Å². The summed E-state index contributed by atoms with van der Waals surface area (Å²) >= 11 is 2.57. The van der Waals surface area contributed by atoms with Gasteiger partial charge >= 0.3 is 18.0 Å². The lowest BCUT2D eigenvalue weighted by molar-refractivity contribution is -0.151. The Balaban J connectivity index is 1.49. The van der Waals surface area contributed by atoms with Gasteiger partial charge in [0.25, 0.3) is 5.91 Å². The number of carbonyl (C=O) groups excluding carboxylic acids is 4. The molecule has 16 nitrogen and oxygen atoms in total. The average Bonchev–Trinajstić information content (AvgIpc) is 3.36. The first-order chi connectivity index (χ1) is 19.0. The largest absolute Gasteiger partial charge is 0.508 e. The minimum atomic E-state index is -1.33. The number of amides is 6. The van der Waals surface area contributed by atoms with Crippen molar-refractivity contribution >= 4 is 59.9 Å². The molecule has 0 aliphatic carbocycles. The van der Waals surface area contributed by atoms with Gasteiger partial charge in [0, 0.05) is 32.6 Å².